The zero-order valence-electron chi connectivity index (χ0n) is 19.9. The van der Waals surface area contributed by atoms with Crippen LogP contribution in [0.3, 0.4) is 0 Å². The van der Waals surface area contributed by atoms with Crippen LogP contribution in [0.4, 0.5) is 0 Å². The molecule has 0 radical (unpaired) electrons. The van der Waals surface area contributed by atoms with Crippen LogP contribution in [0.2, 0.25) is 0 Å². The molecule has 0 spiro atoms. The topological polar surface area (TPSA) is 34.0 Å². The number of likely N-dealkylation sites (tertiary alicyclic amines) is 1. The van der Waals surface area contributed by atoms with E-state index in [4.69, 9.17) is 4.74 Å². The molecule has 0 bridgehead atoms. The molecule has 1 heterocycles. The van der Waals surface area contributed by atoms with Gasteiger partial charge in [-0.25, -0.2) is 0 Å². The van der Waals surface area contributed by atoms with Gasteiger partial charge in [0.05, 0.1) is 26.7 Å². The van der Waals surface area contributed by atoms with E-state index in [2.05, 4.69) is 68.3 Å². The minimum Gasteiger partial charge on any atom is -0.497 e. The Hall–Kier alpha value is -2.33. The minimum absolute atomic E-state index is 0.104. The fourth-order valence-corrected chi connectivity index (χ4v) is 5.27. The van der Waals surface area contributed by atoms with Gasteiger partial charge in [-0.2, -0.15) is 0 Å². The summed E-state index contributed by atoms with van der Waals surface area (Å²) in [5, 5.41) is 0. The highest BCUT2D eigenvalue weighted by Gasteiger charge is 2.46. The third-order valence-electron chi connectivity index (χ3n) is 7.45. The molecule has 1 amide bonds. The fraction of sp³-hybridized carbons (Fsp3) is 0.519. The van der Waals surface area contributed by atoms with Crippen molar-refractivity contribution in [3.8, 4) is 5.75 Å². The Morgan fingerprint density at radius 2 is 1.81 bits per heavy atom. The molecule has 0 aromatic heterocycles. The van der Waals surface area contributed by atoms with E-state index >= 15 is 0 Å². The summed E-state index contributed by atoms with van der Waals surface area (Å²) in [6.45, 7) is 9.32. The predicted octanol–water partition coefficient (Wildman–Crippen LogP) is 3.70. The van der Waals surface area contributed by atoms with Gasteiger partial charge in [0.15, 0.2) is 0 Å². The van der Waals surface area contributed by atoms with Crippen molar-refractivity contribution < 1.29 is 14.4 Å². The summed E-state index contributed by atoms with van der Waals surface area (Å²) in [5.74, 6) is 1.63. The molecule has 4 nitrogen and oxygen atoms in total. The summed E-state index contributed by atoms with van der Waals surface area (Å²) in [7, 11) is 3.99. The first-order chi connectivity index (χ1) is 14.9. The Morgan fingerprint density at radius 1 is 1.13 bits per heavy atom. The summed E-state index contributed by atoms with van der Waals surface area (Å²) in [5.41, 5.74) is 2.67. The number of ether oxygens (including phenoxy) is 1. The van der Waals surface area contributed by atoms with Crippen molar-refractivity contribution >= 4 is 5.91 Å². The third kappa shape index (κ3) is 5.30. The second kappa shape index (κ2) is 10.3. The zero-order valence-corrected chi connectivity index (χ0v) is 19.9. The zero-order chi connectivity index (χ0) is 22.4. The maximum atomic E-state index is 12.8. The third-order valence-corrected chi connectivity index (χ3v) is 7.45. The summed E-state index contributed by atoms with van der Waals surface area (Å²) in [4.78, 5) is 16.5. The van der Waals surface area contributed by atoms with E-state index in [9.17, 15) is 4.79 Å². The van der Waals surface area contributed by atoms with Gasteiger partial charge in [0, 0.05) is 37.3 Å². The minimum atomic E-state index is 0.104. The van der Waals surface area contributed by atoms with Gasteiger partial charge >= 0.3 is 0 Å². The van der Waals surface area contributed by atoms with Crippen LogP contribution in [0.5, 0.6) is 5.75 Å². The van der Waals surface area contributed by atoms with E-state index in [1.165, 1.54) is 5.56 Å². The summed E-state index contributed by atoms with van der Waals surface area (Å²) >= 11 is 0. The fourth-order valence-electron chi connectivity index (χ4n) is 5.27. The average Bonchev–Trinajstić information content (AvgIpc) is 2.80. The Morgan fingerprint density at radius 3 is 2.42 bits per heavy atom. The number of carbonyl (C=O) groups is 1. The number of quaternary nitrogens is 1. The SMILES string of the molecule is CCC(=O)N(CC[C@]1(c2ccccc2)C[C@H](C)[NH+](C)C[C@@H]1C)Cc1ccc(OC)cc1. The second-order valence-electron chi connectivity index (χ2n) is 9.35. The number of carbonyl (C=O) groups excluding carboxylic acids is 1. The Balaban J connectivity index is 1.84. The van der Waals surface area contributed by atoms with Crippen LogP contribution in [0, 0.1) is 5.92 Å². The lowest BCUT2D eigenvalue weighted by atomic mass is 9.63. The molecule has 31 heavy (non-hydrogen) atoms. The molecule has 1 unspecified atom stereocenters. The number of piperidine rings is 1. The number of hydrogen-bond acceptors (Lipinski definition) is 2. The molecule has 0 aliphatic carbocycles. The molecule has 4 heteroatoms. The quantitative estimate of drug-likeness (QED) is 0.702. The molecule has 0 saturated carbocycles. The van der Waals surface area contributed by atoms with E-state index < -0.39 is 0 Å². The van der Waals surface area contributed by atoms with Gasteiger partial charge in [-0.05, 0) is 36.6 Å². The van der Waals surface area contributed by atoms with Gasteiger partial charge < -0.3 is 14.5 Å². The maximum absolute atomic E-state index is 12.8. The van der Waals surface area contributed by atoms with Crippen molar-refractivity contribution in [2.45, 2.75) is 58.0 Å². The highest BCUT2D eigenvalue weighted by molar-refractivity contribution is 5.75. The smallest absolute Gasteiger partial charge is 0.222 e. The van der Waals surface area contributed by atoms with Crippen molar-refractivity contribution in [2.24, 2.45) is 5.92 Å². The molecule has 2 aromatic rings. The van der Waals surface area contributed by atoms with Crippen LogP contribution in [0.25, 0.3) is 0 Å². The molecule has 1 N–H and O–H groups in total. The van der Waals surface area contributed by atoms with E-state index in [0.29, 0.717) is 24.9 Å². The first-order valence-corrected chi connectivity index (χ1v) is 11.7. The number of hydrogen-bond donors (Lipinski definition) is 1. The van der Waals surface area contributed by atoms with Gasteiger partial charge in [0.25, 0.3) is 0 Å². The van der Waals surface area contributed by atoms with Crippen LogP contribution in [0.15, 0.2) is 54.6 Å². The average molecular weight is 424 g/mol. The molecule has 1 saturated heterocycles. The molecular formula is C27H39N2O2+. The molecule has 3 rings (SSSR count). The number of rotatable bonds is 8. The summed E-state index contributed by atoms with van der Waals surface area (Å²) in [6, 6.07) is 19.7. The number of nitrogens with zero attached hydrogens (tertiary/aromatic N) is 1. The van der Waals surface area contributed by atoms with Crippen molar-refractivity contribution in [3.63, 3.8) is 0 Å². The standard InChI is InChI=1S/C27H38N2O2/c1-6-26(30)29(20-23-12-14-25(31-5)15-13-23)17-16-27(24-10-8-7-9-11-24)18-22(3)28(4)19-21(27)2/h7-15,21-22H,6,16-20H2,1-5H3/p+1/t21-,22-,27-/m0/s1. The van der Waals surface area contributed by atoms with Crippen molar-refractivity contribution in [1.82, 2.24) is 4.90 Å². The van der Waals surface area contributed by atoms with Crippen LogP contribution in [-0.2, 0) is 16.8 Å². The van der Waals surface area contributed by atoms with Gasteiger partial charge in [0.2, 0.25) is 5.91 Å². The summed E-state index contributed by atoms with van der Waals surface area (Å²) in [6.07, 6.45) is 2.69. The molecule has 4 atom stereocenters. The summed E-state index contributed by atoms with van der Waals surface area (Å²) < 4.78 is 5.28. The van der Waals surface area contributed by atoms with Gasteiger partial charge in [-0.3, -0.25) is 4.79 Å². The van der Waals surface area contributed by atoms with E-state index in [0.717, 1.165) is 37.2 Å². The lowest BCUT2D eigenvalue weighted by molar-refractivity contribution is -0.915. The van der Waals surface area contributed by atoms with E-state index in [1.807, 2.05) is 19.1 Å². The highest BCUT2D eigenvalue weighted by atomic mass is 16.5. The molecule has 1 aliphatic heterocycles. The molecule has 168 valence electrons. The maximum Gasteiger partial charge on any atom is 0.222 e. The van der Waals surface area contributed by atoms with E-state index in [1.54, 1.807) is 12.0 Å². The van der Waals surface area contributed by atoms with Crippen LogP contribution in [0.1, 0.15) is 51.2 Å². The van der Waals surface area contributed by atoms with Gasteiger partial charge in [-0.1, -0.05) is 56.3 Å². The van der Waals surface area contributed by atoms with Crippen LogP contribution >= 0.6 is 0 Å². The van der Waals surface area contributed by atoms with Crippen molar-refractivity contribution in [3.05, 3.63) is 65.7 Å². The Labute approximate surface area is 188 Å². The largest absolute Gasteiger partial charge is 0.497 e. The van der Waals surface area contributed by atoms with Crippen molar-refractivity contribution in [1.29, 1.82) is 0 Å². The number of nitrogens with one attached hydrogen (secondary N) is 1. The van der Waals surface area contributed by atoms with Gasteiger partial charge in [-0.15, -0.1) is 0 Å². The first-order valence-electron chi connectivity index (χ1n) is 11.7. The molecule has 2 aromatic carbocycles. The molecule has 1 fully saturated rings. The number of benzene rings is 2. The lowest BCUT2D eigenvalue weighted by Gasteiger charge is -2.48. The second-order valence-corrected chi connectivity index (χ2v) is 9.35. The Bertz CT molecular complexity index is 836. The number of methoxy groups -OCH3 is 1. The van der Waals surface area contributed by atoms with Gasteiger partial charge in [0.1, 0.15) is 5.75 Å². The van der Waals surface area contributed by atoms with Crippen LogP contribution in [-0.4, -0.2) is 44.1 Å². The Kier molecular flexibility index (Phi) is 7.77. The van der Waals surface area contributed by atoms with E-state index in [-0.39, 0.29) is 11.3 Å². The molecule has 1 aliphatic rings. The highest BCUT2D eigenvalue weighted by Crippen LogP contribution is 2.41. The van der Waals surface area contributed by atoms with Crippen molar-refractivity contribution in [2.75, 3.05) is 27.2 Å². The molecular weight excluding hydrogens is 384 g/mol. The normalized spacial score (nSPS) is 25.8. The monoisotopic (exact) mass is 423 g/mol. The predicted molar refractivity (Wildman–Crippen MR) is 126 cm³/mol. The number of amides is 1. The van der Waals surface area contributed by atoms with Crippen LogP contribution < -0.4 is 9.64 Å². The lowest BCUT2D eigenvalue weighted by Crippen LogP contribution is -3.15. The first kappa shape index (κ1) is 23.3.